The van der Waals surface area contributed by atoms with E-state index in [0.29, 0.717) is 12.5 Å². The van der Waals surface area contributed by atoms with Gasteiger partial charge in [-0.05, 0) is 6.42 Å². The van der Waals surface area contributed by atoms with Gasteiger partial charge in [-0.2, -0.15) is 5.92 Å². The molecule has 0 aliphatic carbocycles. The van der Waals surface area contributed by atoms with Gasteiger partial charge in [-0.15, -0.1) is 0 Å². The Balaban J connectivity index is -0.0000000910. The molecule has 10 heavy (non-hydrogen) atoms. The second kappa shape index (κ2) is 16.4. The van der Waals surface area contributed by atoms with Gasteiger partial charge in [0.2, 0.25) is 0 Å². The molecular weight excluding hydrogens is 203 g/mol. The Morgan fingerprint density at radius 3 is 1.70 bits per heavy atom. The Morgan fingerprint density at radius 1 is 1.40 bits per heavy atom. The van der Waals surface area contributed by atoms with E-state index in [9.17, 15) is 0 Å². The van der Waals surface area contributed by atoms with Crippen molar-refractivity contribution in [1.82, 2.24) is 0 Å². The molecule has 0 atom stereocenters. The van der Waals surface area contributed by atoms with Crippen LogP contribution in [0, 0.1) is 12.8 Å². The molecule has 0 heterocycles. The van der Waals surface area contributed by atoms with Crippen molar-refractivity contribution in [1.29, 1.82) is 0 Å². The van der Waals surface area contributed by atoms with E-state index in [1.165, 1.54) is 0 Å². The van der Waals surface area contributed by atoms with Crippen LogP contribution in [0.1, 0.15) is 33.6 Å². The van der Waals surface area contributed by atoms with E-state index in [4.69, 9.17) is 5.11 Å². The third-order valence-electron chi connectivity index (χ3n) is 0.512. The number of aliphatic hydroxyl groups excluding tert-OH is 1. The fraction of sp³-hybridized carbons (Fsp3) is 0.875. The average Bonchev–Trinajstić information content (AvgIpc) is 1.66. The number of hydrogen-bond acceptors (Lipinski definition) is 1. The predicted molar refractivity (Wildman–Crippen MR) is 42.2 cm³/mol. The molecule has 0 unspecified atom stereocenters. The summed E-state index contributed by atoms with van der Waals surface area (Å²) in [6.07, 6.45) is 2.04. The van der Waals surface area contributed by atoms with Gasteiger partial charge in [0.15, 0.2) is 0 Å². The van der Waals surface area contributed by atoms with Crippen LogP contribution in [0.2, 0.25) is 0 Å². The van der Waals surface area contributed by atoms with Crippen LogP contribution >= 0.6 is 0 Å². The van der Waals surface area contributed by atoms with Crippen LogP contribution in [-0.2, 0) is 26.2 Å². The van der Waals surface area contributed by atoms with E-state index in [2.05, 4.69) is 27.7 Å². The predicted octanol–water partition coefficient (Wildman–Crippen LogP) is 2.25. The Labute approximate surface area is 84.3 Å². The molecule has 0 aliphatic rings. The Hall–Kier alpha value is 0.843. The SMILES string of the molecule is CCCCO.[CH2-]C(C)C.[Zr]. The summed E-state index contributed by atoms with van der Waals surface area (Å²) in [7, 11) is 0. The van der Waals surface area contributed by atoms with Gasteiger partial charge in [-0.3, -0.25) is 0 Å². The number of hydrogen-bond donors (Lipinski definition) is 1. The van der Waals surface area contributed by atoms with Gasteiger partial charge >= 0.3 is 0 Å². The third-order valence-corrected chi connectivity index (χ3v) is 0.512. The molecule has 1 nitrogen and oxygen atoms in total. The van der Waals surface area contributed by atoms with Crippen LogP contribution in [0.15, 0.2) is 0 Å². The number of unbranched alkanes of at least 4 members (excludes halogenated alkanes) is 1. The number of aliphatic hydroxyl groups is 1. The first kappa shape index (κ1) is 17.1. The molecular formula is C8H19OZr-. The molecule has 0 amide bonds. The summed E-state index contributed by atoms with van der Waals surface area (Å²) in [5.41, 5.74) is 0. The normalized spacial score (nSPS) is 7.80. The van der Waals surface area contributed by atoms with Gasteiger partial charge in [0.1, 0.15) is 0 Å². The van der Waals surface area contributed by atoms with E-state index in [-0.39, 0.29) is 26.2 Å². The van der Waals surface area contributed by atoms with Crippen molar-refractivity contribution in [2.75, 3.05) is 6.61 Å². The van der Waals surface area contributed by atoms with Crippen molar-refractivity contribution in [2.24, 2.45) is 5.92 Å². The minimum Gasteiger partial charge on any atom is -0.396 e. The van der Waals surface area contributed by atoms with E-state index in [0.717, 1.165) is 12.8 Å². The maximum Gasteiger partial charge on any atom is 0.0430 e. The second-order valence-electron chi connectivity index (χ2n) is 2.47. The van der Waals surface area contributed by atoms with Crippen LogP contribution in [0.5, 0.6) is 0 Å². The van der Waals surface area contributed by atoms with Crippen molar-refractivity contribution in [3.8, 4) is 0 Å². The van der Waals surface area contributed by atoms with Crippen molar-refractivity contribution in [2.45, 2.75) is 33.6 Å². The Morgan fingerprint density at radius 2 is 1.70 bits per heavy atom. The molecule has 62 valence electrons. The quantitative estimate of drug-likeness (QED) is 0.711. The van der Waals surface area contributed by atoms with Crippen LogP contribution in [-0.4, -0.2) is 11.7 Å². The van der Waals surface area contributed by atoms with Gasteiger partial charge in [0.25, 0.3) is 0 Å². The van der Waals surface area contributed by atoms with Crippen molar-refractivity contribution < 1.29 is 31.3 Å². The fourth-order valence-corrected chi connectivity index (χ4v) is 0.158. The molecule has 1 N–H and O–H groups in total. The zero-order valence-corrected chi connectivity index (χ0v) is 9.81. The molecule has 0 saturated heterocycles. The van der Waals surface area contributed by atoms with Crippen LogP contribution in [0.25, 0.3) is 0 Å². The van der Waals surface area contributed by atoms with Crippen LogP contribution < -0.4 is 0 Å². The maximum atomic E-state index is 8.07. The van der Waals surface area contributed by atoms with E-state index in [1.807, 2.05) is 0 Å². The topological polar surface area (TPSA) is 20.2 Å². The van der Waals surface area contributed by atoms with E-state index in [1.54, 1.807) is 0 Å². The summed E-state index contributed by atoms with van der Waals surface area (Å²) in [6.45, 7) is 10.1. The summed E-state index contributed by atoms with van der Waals surface area (Å²) in [5.74, 6) is 0.583. The van der Waals surface area contributed by atoms with E-state index < -0.39 is 0 Å². The van der Waals surface area contributed by atoms with Gasteiger partial charge in [0, 0.05) is 32.8 Å². The first-order valence-corrected chi connectivity index (χ1v) is 3.59. The number of rotatable bonds is 2. The molecule has 0 spiro atoms. The van der Waals surface area contributed by atoms with Gasteiger partial charge < -0.3 is 12.0 Å². The molecule has 0 aromatic heterocycles. The summed E-state index contributed by atoms with van der Waals surface area (Å²) in [6, 6.07) is 0. The van der Waals surface area contributed by atoms with Crippen molar-refractivity contribution >= 4 is 0 Å². The van der Waals surface area contributed by atoms with Crippen LogP contribution in [0.3, 0.4) is 0 Å². The van der Waals surface area contributed by atoms with Crippen molar-refractivity contribution in [3.63, 3.8) is 0 Å². The Bertz CT molecular complexity index is 33.5. The van der Waals surface area contributed by atoms with Crippen LogP contribution in [0.4, 0.5) is 0 Å². The molecule has 0 aromatic carbocycles. The Kier molecular flexibility index (Phi) is 28.1. The molecule has 0 radical (unpaired) electrons. The molecule has 0 aromatic rings. The minimum atomic E-state index is 0. The first-order chi connectivity index (χ1) is 4.15. The van der Waals surface area contributed by atoms with Gasteiger partial charge in [0.05, 0.1) is 0 Å². The molecule has 0 fully saturated rings. The first-order valence-electron chi connectivity index (χ1n) is 3.59. The largest absolute Gasteiger partial charge is 0.396 e. The maximum absolute atomic E-state index is 8.07. The molecule has 0 aliphatic heterocycles. The molecule has 2 heteroatoms. The summed E-state index contributed by atoms with van der Waals surface area (Å²) in [5, 5.41) is 8.07. The smallest absolute Gasteiger partial charge is 0.0430 e. The third kappa shape index (κ3) is 67.3. The summed E-state index contributed by atoms with van der Waals surface area (Å²) >= 11 is 0. The van der Waals surface area contributed by atoms with Gasteiger partial charge in [-0.1, -0.05) is 27.2 Å². The summed E-state index contributed by atoms with van der Waals surface area (Å²) < 4.78 is 0. The fourth-order valence-electron chi connectivity index (χ4n) is 0.158. The molecule has 0 saturated carbocycles. The minimum absolute atomic E-state index is 0. The van der Waals surface area contributed by atoms with Gasteiger partial charge in [-0.25, -0.2) is 0 Å². The monoisotopic (exact) mass is 221 g/mol. The molecule has 0 rings (SSSR count). The molecule has 0 bridgehead atoms. The average molecular weight is 222 g/mol. The van der Waals surface area contributed by atoms with Crippen molar-refractivity contribution in [3.05, 3.63) is 6.92 Å². The zero-order chi connectivity index (χ0) is 7.70. The standard InChI is InChI=1S/C4H10O.C4H9.Zr/c1-2-3-4-5;1-4(2)3;/h5H,2-4H2,1H3;4H,1H2,2-3H3;/q;-1;. The zero-order valence-electron chi connectivity index (χ0n) is 7.35. The van der Waals surface area contributed by atoms with E-state index >= 15 is 0 Å². The summed E-state index contributed by atoms with van der Waals surface area (Å²) in [4.78, 5) is 0. The second-order valence-corrected chi connectivity index (χ2v) is 2.47.